The number of hydrogen-bond donors (Lipinski definition) is 1. The maximum absolute atomic E-state index is 12.7. The molecule has 3 rings (SSSR count). The van der Waals surface area contributed by atoms with E-state index < -0.39 is 5.92 Å². The number of rotatable bonds is 9. The summed E-state index contributed by atoms with van der Waals surface area (Å²) >= 11 is 0. The van der Waals surface area contributed by atoms with Crippen molar-refractivity contribution >= 4 is 17.5 Å². The lowest BCUT2D eigenvalue weighted by Gasteiger charge is -2.17. The van der Waals surface area contributed by atoms with Gasteiger partial charge in [-0.3, -0.25) is 9.59 Å². The van der Waals surface area contributed by atoms with E-state index in [1.807, 2.05) is 18.2 Å². The zero-order valence-corrected chi connectivity index (χ0v) is 18.3. The average Bonchev–Trinajstić information content (AvgIpc) is 3.17. The molecule has 0 bridgehead atoms. The first kappa shape index (κ1) is 22.3. The number of amides is 2. The molecule has 1 fully saturated rings. The van der Waals surface area contributed by atoms with Gasteiger partial charge in [-0.2, -0.15) is 0 Å². The van der Waals surface area contributed by atoms with Gasteiger partial charge in [0.15, 0.2) is 23.0 Å². The van der Waals surface area contributed by atoms with Crippen LogP contribution in [-0.2, 0) is 16.0 Å². The van der Waals surface area contributed by atoms with Crippen LogP contribution in [-0.4, -0.2) is 58.2 Å². The second-order valence-corrected chi connectivity index (χ2v) is 7.24. The Labute approximate surface area is 182 Å². The van der Waals surface area contributed by atoms with Crippen molar-refractivity contribution in [2.24, 2.45) is 5.92 Å². The Morgan fingerprint density at radius 2 is 1.55 bits per heavy atom. The lowest BCUT2D eigenvalue weighted by molar-refractivity contribution is -0.128. The summed E-state index contributed by atoms with van der Waals surface area (Å²) in [5.74, 6) is 1.82. The lowest BCUT2D eigenvalue weighted by Crippen LogP contribution is -2.30. The van der Waals surface area contributed by atoms with Gasteiger partial charge in [-0.25, -0.2) is 0 Å². The van der Waals surface area contributed by atoms with Crippen LogP contribution in [0.1, 0.15) is 12.0 Å². The third kappa shape index (κ3) is 5.20. The van der Waals surface area contributed by atoms with Gasteiger partial charge in [-0.1, -0.05) is 6.07 Å². The number of methoxy groups -OCH3 is 4. The summed E-state index contributed by atoms with van der Waals surface area (Å²) in [5, 5.41) is 2.87. The van der Waals surface area contributed by atoms with Crippen molar-refractivity contribution in [1.82, 2.24) is 4.90 Å². The zero-order valence-electron chi connectivity index (χ0n) is 18.3. The molecule has 1 unspecified atom stereocenters. The van der Waals surface area contributed by atoms with E-state index in [1.165, 1.54) is 7.11 Å². The molecule has 1 aliphatic rings. The summed E-state index contributed by atoms with van der Waals surface area (Å²) in [6, 6.07) is 10.9. The second-order valence-electron chi connectivity index (χ2n) is 7.24. The monoisotopic (exact) mass is 428 g/mol. The highest BCUT2D eigenvalue weighted by molar-refractivity contribution is 5.97. The molecule has 8 nitrogen and oxygen atoms in total. The predicted octanol–water partition coefficient (Wildman–Crippen LogP) is 2.75. The Morgan fingerprint density at radius 3 is 2.19 bits per heavy atom. The van der Waals surface area contributed by atoms with Gasteiger partial charge in [-0.05, 0) is 36.2 Å². The van der Waals surface area contributed by atoms with E-state index in [2.05, 4.69) is 5.32 Å². The molecule has 0 spiro atoms. The summed E-state index contributed by atoms with van der Waals surface area (Å²) < 4.78 is 21.1. The van der Waals surface area contributed by atoms with Crippen LogP contribution in [0.25, 0.3) is 0 Å². The first-order valence-electron chi connectivity index (χ1n) is 10.0. The number of nitrogens with zero attached hydrogens (tertiary/aromatic N) is 1. The highest BCUT2D eigenvalue weighted by Crippen LogP contribution is 2.31. The minimum atomic E-state index is -0.397. The molecule has 31 heavy (non-hydrogen) atoms. The molecule has 2 aromatic rings. The molecule has 8 heteroatoms. The molecule has 1 heterocycles. The minimum Gasteiger partial charge on any atom is -0.493 e. The number of likely N-dealkylation sites (tertiary alicyclic amines) is 1. The fourth-order valence-electron chi connectivity index (χ4n) is 3.62. The third-order valence-electron chi connectivity index (χ3n) is 5.35. The number of carbonyl (C=O) groups excluding carboxylic acids is 2. The maximum Gasteiger partial charge on any atom is 0.229 e. The van der Waals surface area contributed by atoms with E-state index in [9.17, 15) is 9.59 Å². The molecule has 1 N–H and O–H groups in total. The van der Waals surface area contributed by atoms with Crippen LogP contribution in [0.15, 0.2) is 36.4 Å². The maximum atomic E-state index is 12.7. The summed E-state index contributed by atoms with van der Waals surface area (Å²) in [6.07, 6.45) is 0.862. The van der Waals surface area contributed by atoms with E-state index in [4.69, 9.17) is 18.9 Å². The molecule has 0 aliphatic carbocycles. The van der Waals surface area contributed by atoms with Crippen LogP contribution in [0, 0.1) is 5.92 Å². The van der Waals surface area contributed by atoms with E-state index in [0.717, 1.165) is 5.56 Å². The summed E-state index contributed by atoms with van der Waals surface area (Å²) in [7, 11) is 6.27. The molecule has 1 saturated heterocycles. The second kappa shape index (κ2) is 10.1. The van der Waals surface area contributed by atoms with Gasteiger partial charge in [0, 0.05) is 31.3 Å². The van der Waals surface area contributed by atoms with Gasteiger partial charge in [-0.15, -0.1) is 0 Å². The fraction of sp³-hybridized carbons (Fsp3) is 0.391. The largest absolute Gasteiger partial charge is 0.493 e. The van der Waals surface area contributed by atoms with E-state index in [1.54, 1.807) is 44.4 Å². The number of benzene rings is 2. The van der Waals surface area contributed by atoms with Crippen molar-refractivity contribution in [2.75, 3.05) is 46.8 Å². The predicted molar refractivity (Wildman–Crippen MR) is 116 cm³/mol. The first-order valence-corrected chi connectivity index (χ1v) is 10.0. The number of carbonyl (C=O) groups is 2. The van der Waals surface area contributed by atoms with Crippen molar-refractivity contribution < 1.29 is 28.5 Å². The van der Waals surface area contributed by atoms with Crippen molar-refractivity contribution in [1.29, 1.82) is 0 Å². The highest BCUT2D eigenvalue weighted by Gasteiger charge is 2.34. The molecular weight excluding hydrogens is 400 g/mol. The van der Waals surface area contributed by atoms with Gasteiger partial charge in [0.2, 0.25) is 11.8 Å². The standard InChI is InChI=1S/C23H28N2O6/c1-28-18-7-5-15(11-20(18)30-3)9-10-25-14-16(12-22(25)26)23(27)24-17-6-8-19(29-2)21(13-17)31-4/h5-8,11,13,16H,9-10,12,14H2,1-4H3,(H,24,27). The molecule has 0 saturated carbocycles. The minimum absolute atomic E-state index is 0.0204. The van der Waals surface area contributed by atoms with Crippen LogP contribution < -0.4 is 24.3 Å². The van der Waals surface area contributed by atoms with E-state index >= 15 is 0 Å². The Balaban J connectivity index is 1.58. The zero-order chi connectivity index (χ0) is 22.4. The third-order valence-corrected chi connectivity index (χ3v) is 5.35. The van der Waals surface area contributed by atoms with Crippen LogP contribution in [0.2, 0.25) is 0 Å². The van der Waals surface area contributed by atoms with E-state index in [0.29, 0.717) is 48.2 Å². The van der Waals surface area contributed by atoms with Gasteiger partial charge in [0.05, 0.1) is 34.4 Å². The molecule has 0 radical (unpaired) electrons. The Bertz CT molecular complexity index is 946. The molecular formula is C23H28N2O6. The highest BCUT2D eigenvalue weighted by atomic mass is 16.5. The van der Waals surface area contributed by atoms with Gasteiger partial charge in [0.25, 0.3) is 0 Å². The van der Waals surface area contributed by atoms with Crippen molar-refractivity contribution in [3.63, 3.8) is 0 Å². The quantitative estimate of drug-likeness (QED) is 0.661. The molecule has 2 aromatic carbocycles. The molecule has 0 aromatic heterocycles. The van der Waals surface area contributed by atoms with Crippen LogP contribution in [0.3, 0.4) is 0 Å². The van der Waals surface area contributed by atoms with Gasteiger partial charge < -0.3 is 29.2 Å². The van der Waals surface area contributed by atoms with Crippen molar-refractivity contribution in [3.8, 4) is 23.0 Å². The summed E-state index contributed by atoms with van der Waals surface area (Å²) in [5.41, 5.74) is 1.63. The molecule has 1 aliphatic heterocycles. The number of anilines is 1. The van der Waals surface area contributed by atoms with Crippen LogP contribution in [0.5, 0.6) is 23.0 Å². The SMILES string of the molecule is COc1ccc(CCN2CC(C(=O)Nc3ccc(OC)c(OC)c3)CC2=O)cc1OC. The first-order chi connectivity index (χ1) is 15.0. The molecule has 2 amide bonds. The van der Waals surface area contributed by atoms with Crippen LogP contribution >= 0.6 is 0 Å². The van der Waals surface area contributed by atoms with E-state index in [-0.39, 0.29) is 18.2 Å². The van der Waals surface area contributed by atoms with Crippen molar-refractivity contribution in [3.05, 3.63) is 42.0 Å². The van der Waals surface area contributed by atoms with Crippen LogP contribution in [0.4, 0.5) is 5.69 Å². The summed E-state index contributed by atoms with van der Waals surface area (Å²) in [4.78, 5) is 26.9. The number of hydrogen-bond acceptors (Lipinski definition) is 6. The molecule has 166 valence electrons. The Hall–Kier alpha value is -3.42. The Kier molecular flexibility index (Phi) is 7.23. The molecule has 1 atom stereocenters. The normalized spacial score (nSPS) is 15.5. The fourth-order valence-corrected chi connectivity index (χ4v) is 3.62. The lowest BCUT2D eigenvalue weighted by atomic mass is 10.1. The average molecular weight is 428 g/mol. The summed E-state index contributed by atoms with van der Waals surface area (Å²) in [6.45, 7) is 0.930. The smallest absolute Gasteiger partial charge is 0.229 e. The van der Waals surface area contributed by atoms with Gasteiger partial charge in [0.1, 0.15) is 0 Å². The topological polar surface area (TPSA) is 86.3 Å². The van der Waals surface area contributed by atoms with Crippen molar-refractivity contribution in [2.45, 2.75) is 12.8 Å². The number of nitrogens with one attached hydrogen (secondary N) is 1. The van der Waals surface area contributed by atoms with Gasteiger partial charge >= 0.3 is 0 Å². The Morgan fingerprint density at radius 1 is 0.935 bits per heavy atom. The number of ether oxygens (including phenoxy) is 4.